The minimum Gasteiger partial charge on any atom is -0.447 e. The number of alkyl carbamates (subject to hydrolysis) is 1. The Kier molecular flexibility index (Phi) is 9.25. The molecule has 2 amide bonds. The average molecular weight is 552 g/mol. The van der Waals surface area contributed by atoms with Crippen LogP contribution in [0.25, 0.3) is 0 Å². The SMILES string of the molecule is C[C@@H]1CN(C(C)(C)C=C(C#N)C(=O)N2C3CCC2(COC(=O)NC(Cc2ccccc2)B(O)O)CC3)C[C@@H](C)O1. The van der Waals surface area contributed by atoms with Crippen LogP contribution >= 0.6 is 0 Å². The van der Waals surface area contributed by atoms with Gasteiger partial charge in [-0.25, -0.2) is 4.79 Å². The second-order valence-electron chi connectivity index (χ2n) is 12.0. The topological polar surface area (TPSA) is 135 Å². The van der Waals surface area contributed by atoms with E-state index in [9.17, 15) is 24.9 Å². The van der Waals surface area contributed by atoms with Gasteiger partial charge in [-0.05, 0) is 71.4 Å². The number of ether oxygens (including phenoxy) is 2. The standard InChI is InChI=1S/C29H41BN4O6/c1-20-17-33(18-21(2)40-20)28(3,4)15-23(16-31)26(35)34-24-10-12-29(34,13-11-24)19-39-27(36)32-25(30(37)38)14-22-8-6-5-7-9-22/h5-9,15,20-21,24-25,37-38H,10-14,17-19H2,1-4H3,(H,32,36)/t20-,21-,24?,25?,29?/m1/s1. The van der Waals surface area contributed by atoms with E-state index in [0.29, 0.717) is 25.9 Å². The molecule has 0 spiro atoms. The first-order valence-corrected chi connectivity index (χ1v) is 14.1. The molecule has 1 unspecified atom stereocenters. The van der Waals surface area contributed by atoms with Gasteiger partial charge in [-0.2, -0.15) is 5.26 Å². The predicted octanol–water partition coefficient (Wildman–Crippen LogP) is 2.20. The van der Waals surface area contributed by atoms with E-state index in [2.05, 4.69) is 16.3 Å². The zero-order chi connectivity index (χ0) is 29.1. The molecule has 0 radical (unpaired) electrons. The number of benzene rings is 1. The van der Waals surface area contributed by atoms with Crippen LogP contribution in [-0.4, -0.2) is 93.9 Å². The number of fused-ring (bicyclic) bond motifs is 2. The number of nitrogens with one attached hydrogen (secondary N) is 1. The molecular weight excluding hydrogens is 511 g/mol. The first-order chi connectivity index (χ1) is 18.9. The summed E-state index contributed by atoms with van der Waals surface area (Å²) in [5.74, 6) is -1.28. The molecule has 3 N–H and O–H groups in total. The first kappa shape index (κ1) is 30.1. The van der Waals surface area contributed by atoms with Gasteiger partial charge >= 0.3 is 13.2 Å². The van der Waals surface area contributed by atoms with Crippen molar-refractivity contribution in [1.29, 1.82) is 5.26 Å². The molecular formula is C29H41BN4O6. The fraction of sp³-hybridized carbons (Fsp3) is 0.621. The average Bonchev–Trinajstić information content (AvgIpc) is 3.45. The molecule has 216 valence electrons. The Hall–Kier alpha value is -2.91. The van der Waals surface area contributed by atoms with Gasteiger partial charge in [-0.1, -0.05) is 30.3 Å². The summed E-state index contributed by atoms with van der Waals surface area (Å²) in [5, 5.41) is 32.2. The van der Waals surface area contributed by atoms with Crippen molar-refractivity contribution in [3.05, 3.63) is 47.5 Å². The van der Waals surface area contributed by atoms with E-state index < -0.39 is 30.2 Å². The number of rotatable bonds is 9. The van der Waals surface area contributed by atoms with Gasteiger partial charge in [0.15, 0.2) is 0 Å². The Bertz CT molecular complexity index is 1120. The maximum absolute atomic E-state index is 13.8. The van der Waals surface area contributed by atoms with E-state index >= 15 is 0 Å². The largest absolute Gasteiger partial charge is 0.475 e. The first-order valence-electron chi connectivity index (χ1n) is 14.1. The molecule has 2 bridgehead atoms. The lowest BCUT2D eigenvalue weighted by Crippen LogP contribution is -2.54. The molecule has 3 heterocycles. The summed E-state index contributed by atoms with van der Waals surface area (Å²) >= 11 is 0. The smallest absolute Gasteiger partial charge is 0.447 e. The molecule has 10 nitrogen and oxygen atoms in total. The molecule has 0 aliphatic carbocycles. The molecule has 3 aliphatic heterocycles. The van der Waals surface area contributed by atoms with Crippen molar-refractivity contribution in [2.24, 2.45) is 0 Å². The van der Waals surface area contributed by atoms with E-state index in [4.69, 9.17) is 9.47 Å². The Morgan fingerprint density at radius 1 is 1.23 bits per heavy atom. The Morgan fingerprint density at radius 3 is 2.42 bits per heavy atom. The Morgan fingerprint density at radius 2 is 1.85 bits per heavy atom. The summed E-state index contributed by atoms with van der Waals surface area (Å²) in [4.78, 5) is 30.5. The molecule has 3 atom stereocenters. The summed E-state index contributed by atoms with van der Waals surface area (Å²) in [6.45, 7) is 9.43. The molecule has 40 heavy (non-hydrogen) atoms. The normalized spacial score (nSPS) is 27.7. The lowest BCUT2D eigenvalue weighted by molar-refractivity contribution is -0.132. The fourth-order valence-electron chi connectivity index (χ4n) is 6.48. The van der Waals surface area contributed by atoms with Gasteiger partial charge in [-0.15, -0.1) is 0 Å². The maximum atomic E-state index is 13.8. The van der Waals surface area contributed by atoms with Gasteiger partial charge < -0.3 is 29.7 Å². The third kappa shape index (κ3) is 6.69. The molecule has 3 saturated heterocycles. The van der Waals surface area contributed by atoms with Gasteiger partial charge in [0.05, 0.1) is 23.7 Å². The second kappa shape index (κ2) is 12.3. The predicted molar refractivity (Wildman–Crippen MR) is 150 cm³/mol. The molecule has 4 rings (SSSR count). The van der Waals surface area contributed by atoms with Crippen molar-refractivity contribution >= 4 is 19.1 Å². The summed E-state index contributed by atoms with van der Waals surface area (Å²) in [5.41, 5.74) is -0.293. The highest BCUT2D eigenvalue weighted by Crippen LogP contribution is 2.47. The van der Waals surface area contributed by atoms with Crippen molar-refractivity contribution in [1.82, 2.24) is 15.1 Å². The molecule has 3 fully saturated rings. The van der Waals surface area contributed by atoms with Gasteiger partial charge in [0.2, 0.25) is 0 Å². The third-order valence-electron chi connectivity index (χ3n) is 8.50. The van der Waals surface area contributed by atoms with Crippen LogP contribution in [0.2, 0.25) is 0 Å². The summed E-state index contributed by atoms with van der Waals surface area (Å²) in [6, 6.07) is 11.3. The van der Waals surface area contributed by atoms with Gasteiger partial charge in [0.25, 0.3) is 5.91 Å². The highest BCUT2D eigenvalue weighted by molar-refractivity contribution is 6.43. The fourth-order valence-corrected chi connectivity index (χ4v) is 6.48. The van der Waals surface area contributed by atoms with Gasteiger partial charge in [-0.3, -0.25) is 9.69 Å². The Labute approximate surface area is 237 Å². The Balaban J connectivity index is 1.43. The molecule has 11 heteroatoms. The number of hydrogen-bond acceptors (Lipinski definition) is 8. The van der Waals surface area contributed by atoms with Crippen LogP contribution in [0.4, 0.5) is 4.79 Å². The lowest BCUT2D eigenvalue weighted by Gasteiger charge is -2.44. The van der Waals surface area contributed by atoms with Crippen LogP contribution in [0.3, 0.4) is 0 Å². The van der Waals surface area contributed by atoms with Crippen molar-refractivity contribution in [2.45, 2.75) is 95.1 Å². The number of nitrogens with zero attached hydrogens (tertiary/aromatic N) is 3. The number of hydrogen-bond donors (Lipinski definition) is 3. The van der Waals surface area contributed by atoms with E-state index in [1.165, 1.54) is 0 Å². The van der Waals surface area contributed by atoms with Gasteiger partial charge in [0, 0.05) is 24.7 Å². The van der Waals surface area contributed by atoms with Crippen molar-refractivity contribution in [2.75, 3.05) is 19.7 Å². The molecule has 0 saturated carbocycles. The lowest BCUT2D eigenvalue weighted by atomic mass is 9.76. The van der Waals surface area contributed by atoms with E-state index in [1.807, 2.05) is 58.0 Å². The minimum absolute atomic E-state index is 0.00690. The number of nitriles is 1. The highest BCUT2D eigenvalue weighted by Gasteiger charge is 2.55. The third-order valence-corrected chi connectivity index (χ3v) is 8.50. The van der Waals surface area contributed by atoms with E-state index in [1.54, 1.807) is 11.0 Å². The summed E-state index contributed by atoms with van der Waals surface area (Å²) in [7, 11) is -1.77. The highest BCUT2D eigenvalue weighted by atomic mass is 16.6. The second-order valence-corrected chi connectivity index (χ2v) is 12.0. The minimum atomic E-state index is -1.77. The van der Waals surface area contributed by atoms with Crippen LogP contribution in [0.15, 0.2) is 42.0 Å². The summed E-state index contributed by atoms with van der Waals surface area (Å²) in [6.07, 6.45) is 4.22. The number of carbonyl (C=O) groups excluding carboxylic acids is 2. The summed E-state index contributed by atoms with van der Waals surface area (Å²) < 4.78 is 11.4. The number of carbonyl (C=O) groups is 2. The van der Waals surface area contributed by atoms with Crippen molar-refractivity contribution < 1.29 is 29.1 Å². The van der Waals surface area contributed by atoms with Crippen LogP contribution in [0, 0.1) is 11.3 Å². The molecule has 1 aromatic carbocycles. The van der Waals surface area contributed by atoms with Crippen LogP contribution < -0.4 is 5.32 Å². The van der Waals surface area contributed by atoms with Crippen LogP contribution in [0.5, 0.6) is 0 Å². The van der Waals surface area contributed by atoms with Gasteiger partial charge in [0.1, 0.15) is 18.2 Å². The van der Waals surface area contributed by atoms with Crippen LogP contribution in [0.1, 0.15) is 58.9 Å². The zero-order valence-corrected chi connectivity index (χ0v) is 23.9. The molecule has 3 aliphatic rings. The quantitative estimate of drug-likeness (QED) is 0.241. The van der Waals surface area contributed by atoms with E-state index in [-0.39, 0.29) is 42.8 Å². The monoisotopic (exact) mass is 552 g/mol. The molecule has 0 aromatic heterocycles. The van der Waals surface area contributed by atoms with E-state index in [0.717, 1.165) is 18.4 Å². The van der Waals surface area contributed by atoms with Crippen LogP contribution in [-0.2, 0) is 20.7 Å². The maximum Gasteiger partial charge on any atom is 0.475 e. The zero-order valence-electron chi connectivity index (χ0n) is 23.9. The van der Waals surface area contributed by atoms with Crippen molar-refractivity contribution in [3.63, 3.8) is 0 Å². The number of amides is 2. The molecule has 1 aromatic rings. The van der Waals surface area contributed by atoms with Crippen molar-refractivity contribution in [3.8, 4) is 6.07 Å². The number of morpholine rings is 1.